The van der Waals surface area contributed by atoms with E-state index in [0.717, 1.165) is 19.5 Å². The van der Waals surface area contributed by atoms with Gasteiger partial charge < -0.3 is 10.2 Å². The van der Waals surface area contributed by atoms with Crippen molar-refractivity contribution in [2.45, 2.75) is 52.1 Å². The van der Waals surface area contributed by atoms with Crippen LogP contribution in [0.2, 0.25) is 0 Å². The fourth-order valence-electron chi connectivity index (χ4n) is 4.25. The highest BCUT2D eigenvalue weighted by atomic mass is 15.1. The van der Waals surface area contributed by atoms with Crippen molar-refractivity contribution in [1.82, 2.24) is 10.2 Å². The van der Waals surface area contributed by atoms with Gasteiger partial charge in [-0.25, -0.2) is 0 Å². The molecular weight excluding hydrogens is 352 g/mol. The SMILES string of the molecule is CCN(CC)CCC[C@H](C)N[C@H](Cc1ccccc1)c1cccc2ccccc12. The molecule has 2 nitrogen and oxygen atoms in total. The minimum atomic E-state index is 0.312. The monoisotopic (exact) mass is 388 g/mol. The summed E-state index contributed by atoms with van der Waals surface area (Å²) in [7, 11) is 0. The molecule has 3 aromatic rings. The first kappa shape index (κ1) is 21.5. The second kappa shape index (κ2) is 11.1. The van der Waals surface area contributed by atoms with Gasteiger partial charge in [0.1, 0.15) is 0 Å². The molecule has 29 heavy (non-hydrogen) atoms. The van der Waals surface area contributed by atoms with Gasteiger partial charge in [-0.3, -0.25) is 0 Å². The maximum absolute atomic E-state index is 3.97. The molecule has 0 unspecified atom stereocenters. The van der Waals surface area contributed by atoms with Crippen molar-refractivity contribution in [2.24, 2.45) is 0 Å². The third kappa shape index (κ3) is 6.16. The van der Waals surface area contributed by atoms with Crippen molar-refractivity contribution in [2.75, 3.05) is 19.6 Å². The molecule has 1 N–H and O–H groups in total. The predicted molar refractivity (Wildman–Crippen MR) is 126 cm³/mol. The first-order valence-corrected chi connectivity index (χ1v) is 11.2. The summed E-state index contributed by atoms with van der Waals surface area (Å²) in [6, 6.07) is 27.1. The largest absolute Gasteiger partial charge is 0.307 e. The van der Waals surface area contributed by atoms with Gasteiger partial charge in [-0.15, -0.1) is 0 Å². The lowest BCUT2D eigenvalue weighted by Gasteiger charge is -2.26. The number of rotatable bonds is 11. The molecule has 2 atom stereocenters. The van der Waals surface area contributed by atoms with E-state index in [1.165, 1.54) is 41.3 Å². The molecule has 2 heteroatoms. The van der Waals surface area contributed by atoms with Crippen LogP contribution in [0, 0.1) is 0 Å². The van der Waals surface area contributed by atoms with Gasteiger partial charge in [0.05, 0.1) is 0 Å². The molecular formula is C27H36N2. The molecule has 0 aliphatic carbocycles. The average Bonchev–Trinajstić information content (AvgIpc) is 2.76. The molecule has 0 radical (unpaired) electrons. The molecule has 0 aliphatic rings. The first-order valence-electron chi connectivity index (χ1n) is 11.2. The van der Waals surface area contributed by atoms with Crippen molar-refractivity contribution in [3.8, 4) is 0 Å². The summed E-state index contributed by atoms with van der Waals surface area (Å²) in [6.45, 7) is 10.3. The number of nitrogens with one attached hydrogen (secondary N) is 1. The Morgan fingerprint density at radius 3 is 2.28 bits per heavy atom. The fourth-order valence-corrected chi connectivity index (χ4v) is 4.25. The van der Waals surface area contributed by atoms with Crippen molar-refractivity contribution >= 4 is 10.8 Å². The van der Waals surface area contributed by atoms with E-state index in [1.54, 1.807) is 0 Å². The number of benzene rings is 3. The quantitative estimate of drug-likeness (QED) is 0.419. The van der Waals surface area contributed by atoms with Gasteiger partial charge in [0, 0.05) is 12.1 Å². The van der Waals surface area contributed by atoms with E-state index < -0.39 is 0 Å². The van der Waals surface area contributed by atoms with Crippen LogP contribution in [-0.2, 0) is 6.42 Å². The van der Waals surface area contributed by atoms with Crippen LogP contribution in [0.4, 0.5) is 0 Å². The molecule has 0 aromatic heterocycles. The molecule has 3 rings (SSSR count). The smallest absolute Gasteiger partial charge is 0.0369 e. The van der Waals surface area contributed by atoms with E-state index in [2.05, 4.69) is 104 Å². The maximum atomic E-state index is 3.97. The summed E-state index contributed by atoms with van der Waals surface area (Å²) in [6.07, 6.45) is 3.45. The van der Waals surface area contributed by atoms with Crippen LogP contribution in [0.1, 0.15) is 50.8 Å². The van der Waals surface area contributed by atoms with E-state index in [4.69, 9.17) is 0 Å². The van der Waals surface area contributed by atoms with Crippen LogP contribution in [0.5, 0.6) is 0 Å². The summed E-state index contributed by atoms with van der Waals surface area (Å²) >= 11 is 0. The number of hydrogen-bond acceptors (Lipinski definition) is 2. The Labute approximate surface area is 176 Å². The third-order valence-electron chi connectivity index (χ3n) is 5.97. The van der Waals surface area contributed by atoms with Gasteiger partial charge in [-0.1, -0.05) is 86.6 Å². The second-order valence-corrected chi connectivity index (χ2v) is 8.05. The van der Waals surface area contributed by atoms with Gasteiger partial charge in [-0.2, -0.15) is 0 Å². The van der Waals surface area contributed by atoms with E-state index in [1.807, 2.05) is 0 Å². The van der Waals surface area contributed by atoms with E-state index in [9.17, 15) is 0 Å². The van der Waals surface area contributed by atoms with E-state index >= 15 is 0 Å². The Hall–Kier alpha value is -2.16. The Morgan fingerprint density at radius 2 is 1.52 bits per heavy atom. The normalized spacial score (nSPS) is 13.7. The molecule has 0 bridgehead atoms. The predicted octanol–water partition coefficient (Wildman–Crippen LogP) is 6.22. The molecule has 0 amide bonds. The third-order valence-corrected chi connectivity index (χ3v) is 5.97. The lowest BCUT2D eigenvalue weighted by molar-refractivity contribution is 0.288. The average molecular weight is 389 g/mol. The van der Waals surface area contributed by atoms with Crippen LogP contribution in [0.3, 0.4) is 0 Å². The number of nitrogens with zero attached hydrogens (tertiary/aromatic N) is 1. The van der Waals surface area contributed by atoms with Gasteiger partial charge in [0.25, 0.3) is 0 Å². The summed E-state index contributed by atoms with van der Waals surface area (Å²) in [4.78, 5) is 2.51. The van der Waals surface area contributed by atoms with Gasteiger partial charge in [0.2, 0.25) is 0 Å². The lowest BCUT2D eigenvalue weighted by atomic mass is 9.93. The molecule has 0 saturated heterocycles. The van der Waals surface area contributed by atoms with Gasteiger partial charge >= 0.3 is 0 Å². The molecule has 0 spiro atoms. The van der Waals surface area contributed by atoms with Crippen LogP contribution in [-0.4, -0.2) is 30.6 Å². The second-order valence-electron chi connectivity index (χ2n) is 8.05. The zero-order valence-electron chi connectivity index (χ0n) is 18.3. The molecule has 154 valence electrons. The summed E-state index contributed by atoms with van der Waals surface area (Å²) < 4.78 is 0. The van der Waals surface area contributed by atoms with Crippen molar-refractivity contribution in [3.63, 3.8) is 0 Å². The maximum Gasteiger partial charge on any atom is 0.0369 e. The number of fused-ring (bicyclic) bond motifs is 1. The standard InChI is InChI=1S/C27H36N2/c1-4-29(5-2)20-12-13-22(3)28-27(21-23-14-7-6-8-15-23)26-19-11-17-24-16-9-10-18-25(24)26/h6-11,14-19,22,27-28H,4-5,12-13,20-21H2,1-3H3/t22-,27+/m0/s1. The zero-order chi connectivity index (χ0) is 20.5. The Balaban J connectivity index is 1.76. The molecule has 0 aliphatic heterocycles. The Morgan fingerprint density at radius 1 is 0.828 bits per heavy atom. The Kier molecular flexibility index (Phi) is 8.27. The lowest BCUT2D eigenvalue weighted by Crippen LogP contribution is -2.33. The van der Waals surface area contributed by atoms with Crippen LogP contribution >= 0.6 is 0 Å². The Bertz CT molecular complexity index is 849. The molecule has 0 heterocycles. The number of hydrogen-bond donors (Lipinski definition) is 1. The highest BCUT2D eigenvalue weighted by Crippen LogP contribution is 2.27. The van der Waals surface area contributed by atoms with E-state index in [-0.39, 0.29) is 0 Å². The molecule has 0 fully saturated rings. The van der Waals surface area contributed by atoms with Crippen LogP contribution in [0.25, 0.3) is 10.8 Å². The summed E-state index contributed by atoms with van der Waals surface area (Å²) in [5.41, 5.74) is 2.79. The molecule has 0 saturated carbocycles. The fraction of sp³-hybridized carbons (Fsp3) is 0.407. The van der Waals surface area contributed by atoms with E-state index in [0.29, 0.717) is 12.1 Å². The van der Waals surface area contributed by atoms with Crippen LogP contribution in [0.15, 0.2) is 72.8 Å². The van der Waals surface area contributed by atoms with Gasteiger partial charge in [-0.05, 0) is 67.7 Å². The summed E-state index contributed by atoms with van der Waals surface area (Å²) in [5, 5.41) is 6.64. The molecule has 3 aromatic carbocycles. The summed E-state index contributed by atoms with van der Waals surface area (Å²) in [5.74, 6) is 0. The van der Waals surface area contributed by atoms with Crippen molar-refractivity contribution < 1.29 is 0 Å². The first-order chi connectivity index (χ1) is 14.2. The van der Waals surface area contributed by atoms with Crippen molar-refractivity contribution in [3.05, 3.63) is 83.9 Å². The minimum Gasteiger partial charge on any atom is -0.307 e. The minimum absolute atomic E-state index is 0.312. The van der Waals surface area contributed by atoms with Crippen molar-refractivity contribution in [1.29, 1.82) is 0 Å². The zero-order valence-corrected chi connectivity index (χ0v) is 18.3. The highest BCUT2D eigenvalue weighted by molar-refractivity contribution is 5.86. The van der Waals surface area contributed by atoms with Gasteiger partial charge in [0.15, 0.2) is 0 Å². The van der Waals surface area contributed by atoms with Crippen LogP contribution < -0.4 is 5.32 Å². The topological polar surface area (TPSA) is 15.3 Å². The highest BCUT2D eigenvalue weighted by Gasteiger charge is 2.17.